The molecule has 1 aromatic heterocycles. The van der Waals surface area contributed by atoms with Crippen LogP contribution < -0.4 is 20.9 Å². The van der Waals surface area contributed by atoms with E-state index in [4.69, 9.17) is 0 Å². The first-order valence-electron chi connectivity index (χ1n) is 9.78. The second kappa shape index (κ2) is 7.71. The van der Waals surface area contributed by atoms with Crippen molar-refractivity contribution in [3.05, 3.63) is 35.3 Å². The van der Waals surface area contributed by atoms with E-state index in [2.05, 4.69) is 25.9 Å². The van der Waals surface area contributed by atoms with E-state index in [1.165, 1.54) is 0 Å². The van der Waals surface area contributed by atoms with Gasteiger partial charge in [-0.15, -0.1) is 0 Å². The maximum absolute atomic E-state index is 13.3. The van der Waals surface area contributed by atoms with Crippen LogP contribution in [0, 0.1) is 30.3 Å². The van der Waals surface area contributed by atoms with E-state index in [-0.39, 0.29) is 29.6 Å². The number of rotatable bonds is 4. The number of amides is 2. The minimum Gasteiger partial charge on any atom is -0.351 e. The molecule has 11 heteroatoms. The number of hydrogen-bond donors (Lipinski definition) is 3. The minimum absolute atomic E-state index is 0.0594. The molecule has 3 N–H and O–H groups in total. The van der Waals surface area contributed by atoms with Crippen LogP contribution in [0.5, 0.6) is 0 Å². The van der Waals surface area contributed by atoms with Crippen LogP contribution in [-0.2, 0) is 9.59 Å². The second-order valence-corrected chi connectivity index (χ2v) is 7.86. The van der Waals surface area contributed by atoms with E-state index in [1.807, 2.05) is 0 Å². The lowest BCUT2D eigenvalue weighted by Crippen LogP contribution is -2.45. The third-order valence-corrected chi connectivity index (χ3v) is 5.71. The molecule has 31 heavy (non-hydrogen) atoms. The monoisotopic (exact) mass is 434 g/mol. The summed E-state index contributed by atoms with van der Waals surface area (Å²) in [4.78, 5) is 35.0. The van der Waals surface area contributed by atoms with Gasteiger partial charge in [-0.3, -0.25) is 9.59 Å². The highest BCUT2D eigenvalue weighted by Crippen LogP contribution is 2.35. The highest BCUT2D eigenvalue weighted by atomic mass is 19.2. The number of aromatic nitrogens is 2. The average Bonchev–Trinajstić information content (AvgIpc) is 2.67. The second-order valence-electron chi connectivity index (χ2n) is 7.86. The summed E-state index contributed by atoms with van der Waals surface area (Å²) < 4.78 is 39.6. The Bertz CT molecular complexity index is 1050. The number of carbonyl (C=O) groups excluding carboxylic acids is 2. The first-order chi connectivity index (χ1) is 14.6. The molecule has 1 aromatic carbocycles. The molecular formula is C20H21F3N6O2. The molecule has 1 atom stereocenters. The largest absolute Gasteiger partial charge is 0.351 e. The molecule has 1 fully saturated rings. The number of likely N-dealkylation sites (N-methyl/N-ethyl adjacent to an activating group) is 1. The van der Waals surface area contributed by atoms with E-state index in [1.54, 1.807) is 25.8 Å². The van der Waals surface area contributed by atoms with E-state index in [0.29, 0.717) is 36.0 Å². The van der Waals surface area contributed by atoms with Crippen LogP contribution in [-0.4, -0.2) is 40.9 Å². The van der Waals surface area contributed by atoms with Crippen LogP contribution in [0.2, 0.25) is 0 Å². The first-order valence-corrected chi connectivity index (χ1v) is 9.78. The minimum atomic E-state index is -1.58. The maximum Gasteiger partial charge on any atom is 0.246 e. The topological polar surface area (TPSA) is 99.2 Å². The van der Waals surface area contributed by atoms with Crippen molar-refractivity contribution in [1.29, 1.82) is 0 Å². The predicted octanol–water partition coefficient (Wildman–Crippen LogP) is 2.81. The van der Waals surface area contributed by atoms with Gasteiger partial charge in [0.15, 0.2) is 23.3 Å². The fourth-order valence-corrected chi connectivity index (χ4v) is 3.62. The van der Waals surface area contributed by atoms with Crippen LogP contribution in [0.15, 0.2) is 12.1 Å². The number of carbonyl (C=O) groups is 2. The summed E-state index contributed by atoms with van der Waals surface area (Å²) in [6.45, 7) is 3.55. The van der Waals surface area contributed by atoms with Gasteiger partial charge in [0.2, 0.25) is 17.8 Å². The smallest absolute Gasteiger partial charge is 0.246 e. The van der Waals surface area contributed by atoms with Gasteiger partial charge in [-0.2, -0.15) is 4.98 Å². The molecule has 0 unspecified atom stereocenters. The molecule has 164 valence electrons. The van der Waals surface area contributed by atoms with Crippen LogP contribution in [0.1, 0.15) is 25.5 Å². The molecule has 0 saturated heterocycles. The Labute approximate surface area is 176 Å². The number of aryl methyl sites for hydroxylation is 1. The van der Waals surface area contributed by atoms with Crippen molar-refractivity contribution in [2.75, 3.05) is 27.9 Å². The quantitative estimate of drug-likeness (QED) is 0.640. The highest BCUT2D eigenvalue weighted by Gasteiger charge is 2.36. The summed E-state index contributed by atoms with van der Waals surface area (Å²) in [5.41, 5.74) is 1.06. The lowest BCUT2D eigenvalue weighted by Gasteiger charge is -2.36. The summed E-state index contributed by atoms with van der Waals surface area (Å²) in [7, 11) is 1.78. The standard InChI is InChI=1S/C20H21F3N6O2/c1-8-16-17(29(3)9(2)18(30)27-16)28-20(24-8)26-11-4-10(5-11)19(31)25-12-6-13(21)15(23)14(22)7-12/h6-7,9-11H,4-5H2,1-3H3,(H,25,31)(H,27,30)(H,24,26,28)/t9-,10-,11-/m0/s1. The molecule has 4 rings (SSSR count). The van der Waals surface area contributed by atoms with E-state index < -0.39 is 23.4 Å². The lowest BCUT2D eigenvalue weighted by atomic mass is 9.79. The maximum atomic E-state index is 13.3. The molecule has 1 saturated carbocycles. The SMILES string of the molecule is Cc1nc(N[C@H]2C[C@H](C(=O)Nc3cc(F)c(F)c(F)c3)C2)nc2c1NC(=O)[C@H](C)N2C. The zero-order chi connectivity index (χ0) is 22.4. The Kier molecular flexibility index (Phi) is 5.19. The lowest BCUT2D eigenvalue weighted by molar-refractivity contribution is -0.122. The zero-order valence-electron chi connectivity index (χ0n) is 17.1. The average molecular weight is 434 g/mol. The number of hydrogen-bond acceptors (Lipinski definition) is 6. The molecule has 1 aliphatic carbocycles. The van der Waals surface area contributed by atoms with Gasteiger partial charge in [-0.1, -0.05) is 0 Å². The third kappa shape index (κ3) is 3.87. The summed E-state index contributed by atoms with van der Waals surface area (Å²) >= 11 is 0. The van der Waals surface area contributed by atoms with Crippen molar-refractivity contribution in [2.24, 2.45) is 5.92 Å². The van der Waals surface area contributed by atoms with Crippen molar-refractivity contribution in [3.8, 4) is 0 Å². The summed E-state index contributed by atoms with van der Waals surface area (Å²) in [5, 5.41) is 8.40. The Morgan fingerprint density at radius 3 is 2.48 bits per heavy atom. The number of halogens is 3. The van der Waals surface area contributed by atoms with E-state index in [9.17, 15) is 22.8 Å². The number of nitrogens with zero attached hydrogens (tertiary/aromatic N) is 3. The van der Waals surface area contributed by atoms with Gasteiger partial charge in [-0.25, -0.2) is 18.2 Å². The Morgan fingerprint density at radius 1 is 1.19 bits per heavy atom. The van der Waals surface area contributed by atoms with Gasteiger partial charge in [0.25, 0.3) is 0 Å². The molecule has 2 aliphatic rings. The molecule has 2 amide bonds. The van der Waals surface area contributed by atoms with Crippen molar-refractivity contribution in [3.63, 3.8) is 0 Å². The van der Waals surface area contributed by atoms with Crippen molar-refractivity contribution < 1.29 is 22.8 Å². The van der Waals surface area contributed by atoms with Crippen molar-refractivity contribution in [2.45, 2.75) is 38.8 Å². The molecule has 0 bridgehead atoms. The van der Waals surface area contributed by atoms with Crippen LogP contribution in [0.3, 0.4) is 0 Å². The van der Waals surface area contributed by atoms with Crippen LogP contribution >= 0.6 is 0 Å². The van der Waals surface area contributed by atoms with E-state index in [0.717, 1.165) is 12.1 Å². The van der Waals surface area contributed by atoms with Gasteiger partial charge in [0.05, 0.1) is 5.69 Å². The summed E-state index contributed by atoms with van der Waals surface area (Å²) in [5.74, 6) is -4.20. The van der Waals surface area contributed by atoms with Crippen molar-refractivity contribution in [1.82, 2.24) is 9.97 Å². The molecule has 0 spiro atoms. The molecule has 2 aromatic rings. The third-order valence-electron chi connectivity index (χ3n) is 5.71. The van der Waals surface area contributed by atoms with Gasteiger partial charge in [0.1, 0.15) is 11.7 Å². The predicted molar refractivity (Wildman–Crippen MR) is 108 cm³/mol. The molecule has 2 heterocycles. The Balaban J connectivity index is 1.38. The fourth-order valence-electron chi connectivity index (χ4n) is 3.62. The van der Waals surface area contributed by atoms with E-state index >= 15 is 0 Å². The van der Waals surface area contributed by atoms with Crippen LogP contribution in [0.4, 0.5) is 36.3 Å². The number of anilines is 4. The Hall–Kier alpha value is -3.37. The normalized spacial score (nSPS) is 22.3. The van der Waals surface area contributed by atoms with Gasteiger partial charge in [0, 0.05) is 36.8 Å². The highest BCUT2D eigenvalue weighted by molar-refractivity contribution is 6.03. The molecule has 1 aliphatic heterocycles. The van der Waals surface area contributed by atoms with Crippen LogP contribution in [0.25, 0.3) is 0 Å². The Morgan fingerprint density at radius 2 is 1.84 bits per heavy atom. The fraction of sp³-hybridized carbons (Fsp3) is 0.400. The number of fused-ring (bicyclic) bond motifs is 1. The molecule has 0 radical (unpaired) electrons. The number of nitrogens with one attached hydrogen (secondary N) is 3. The summed E-state index contributed by atoms with van der Waals surface area (Å²) in [6.07, 6.45) is 0.945. The zero-order valence-corrected chi connectivity index (χ0v) is 17.1. The number of benzene rings is 1. The van der Waals surface area contributed by atoms with Crippen molar-refractivity contribution >= 4 is 35.0 Å². The van der Waals surface area contributed by atoms with Gasteiger partial charge in [-0.05, 0) is 26.7 Å². The molecular weight excluding hydrogens is 413 g/mol. The van der Waals surface area contributed by atoms with Gasteiger partial charge >= 0.3 is 0 Å². The molecule has 8 nitrogen and oxygen atoms in total. The summed E-state index contributed by atoms with van der Waals surface area (Å²) in [6, 6.07) is 1.05. The van der Waals surface area contributed by atoms with Gasteiger partial charge < -0.3 is 20.9 Å². The first kappa shape index (κ1) is 20.9.